The third kappa shape index (κ3) is 1.93. The summed E-state index contributed by atoms with van der Waals surface area (Å²) in [4.78, 5) is 0. The molecule has 0 amide bonds. The Morgan fingerprint density at radius 2 is 2.29 bits per heavy atom. The first-order valence-electron chi connectivity index (χ1n) is 4.77. The highest BCUT2D eigenvalue weighted by atomic mass is 32.2. The van der Waals surface area contributed by atoms with Gasteiger partial charge in [-0.2, -0.15) is 11.8 Å². The maximum absolute atomic E-state index is 13.0. The van der Waals surface area contributed by atoms with Gasteiger partial charge in [0.25, 0.3) is 0 Å². The van der Waals surface area contributed by atoms with Gasteiger partial charge in [0.15, 0.2) is 0 Å². The molecule has 1 heterocycles. The monoisotopic (exact) mass is 212 g/mol. The molecule has 1 saturated heterocycles. The van der Waals surface area contributed by atoms with Crippen LogP contribution < -0.4 is 0 Å². The van der Waals surface area contributed by atoms with Crippen LogP contribution in [0, 0.1) is 5.82 Å². The standard InChI is InChI=1S/C11H13FOS/c12-10-4-1-3-9(7-10)11(13)5-2-6-14-8-11/h1,3-4,7,13H,2,5-6,8H2/t11-/m0/s1. The summed E-state index contributed by atoms with van der Waals surface area (Å²) in [5.41, 5.74) is -0.102. The summed E-state index contributed by atoms with van der Waals surface area (Å²) >= 11 is 1.73. The number of halogens is 1. The molecule has 3 heteroatoms. The second kappa shape index (κ2) is 3.91. The molecule has 1 aliphatic heterocycles. The molecular weight excluding hydrogens is 199 g/mol. The van der Waals surface area contributed by atoms with Gasteiger partial charge < -0.3 is 5.11 Å². The van der Waals surface area contributed by atoms with Crippen molar-refractivity contribution in [3.05, 3.63) is 35.6 Å². The van der Waals surface area contributed by atoms with Crippen LogP contribution in [0.5, 0.6) is 0 Å². The number of benzene rings is 1. The van der Waals surface area contributed by atoms with Crippen molar-refractivity contribution in [3.63, 3.8) is 0 Å². The highest BCUT2D eigenvalue weighted by Crippen LogP contribution is 2.35. The smallest absolute Gasteiger partial charge is 0.123 e. The van der Waals surface area contributed by atoms with Crippen LogP contribution in [0.2, 0.25) is 0 Å². The lowest BCUT2D eigenvalue weighted by atomic mass is 9.91. The second-order valence-corrected chi connectivity index (χ2v) is 4.80. The van der Waals surface area contributed by atoms with Crippen LogP contribution in [-0.4, -0.2) is 16.6 Å². The first-order valence-corrected chi connectivity index (χ1v) is 5.92. The Morgan fingerprint density at radius 3 is 2.93 bits per heavy atom. The molecule has 14 heavy (non-hydrogen) atoms. The maximum Gasteiger partial charge on any atom is 0.123 e. The van der Waals surface area contributed by atoms with E-state index >= 15 is 0 Å². The third-order valence-corrected chi connectivity index (χ3v) is 3.84. The van der Waals surface area contributed by atoms with E-state index in [1.54, 1.807) is 23.9 Å². The Hall–Kier alpha value is -0.540. The lowest BCUT2D eigenvalue weighted by molar-refractivity contribution is 0.0492. The van der Waals surface area contributed by atoms with Crippen molar-refractivity contribution in [2.24, 2.45) is 0 Å². The Labute approximate surface area is 87.3 Å². The van der Waals surface area contributed by atoms with Crippen molar-refractivity contribution in [2.75, 3.05) is 11.5 Å². The van der Waals surface area contributed by atoms with Gasteiger partial charge in [-0.3, -0.25) is 0 Å². The van der Waals surface area contributed by atoms with E-state index < -0.39 is 5.60 Å². The molecular formula is C11H13FOS. The highest BCUT2D eigenvalue weighted by molar-refractivity contribution is 7.99. The number of aliphatic hydroxyl groups is 1. The molecule has 0 bridgehead atoms. The molecule has 1 N–H and O–H groups in total. The van der Waals surface area contributed by atoms with Gasteiger partial charge in [-0.15, -0.1) is 0 Å². The minimum Gasteiger partial charge on any atom is -0.384 e. The minimum atomic E-state index is -0.814. The topological polar surface area (TPSA) is 20.2 Å². The fraction of sp³-hybridized carbons (Fsp3) is 0.455. The van der Waals surface area contributed by atoms with Gasteiger partial charge in [0, 0.05) is 5.75 Å². The summed E-state index contributed by atoms with van der Waals surface area (Å²) < 4.78 is 13.0. The summed E-state index contributed by atoms with van der Waals surface area (Å²) in [7, 11) is 0. The molecule has 1 atom stereocenters. The van der Waals surface area contributed by atoms with E-state index in [0.29, 0.717) is 11.3 Å². The van der Waals surface area contributed by atoms with Crippen LogP contribution in [0.1, 0.15) is 18.4 Å². The van der Waals surface area contributed by atoms with Gasteiger partial charge in [0.05, 0.1) is 5.60 Å². The number of thioether (sulfide) groups is 1. The lowest BCUT2D eigenvalue weighted by Gasteiger charge is -2.32. The van der Waals surface area contributed by atoms with Gasteiger partial charge >= 0.3 is 0 Å². The van der Waals surface area contributed by atoms with Crippen LogP contribution in [0.4, 0.5) is 4.39 Å². The Balaban J connectivity index is 2.28. The molecule has 1 aromatic carbocycles. The minimum absolute atomic E-state index is 0.272. The molecule has 1 aromatic rings. The molecule has 0 spiro atoms. The van der Waals surface area contributed by atoms with Crippen LogP contribution >= 0.6 is 11.8 Å². The van der Waals surface area contributed by atoms with Crippen LogP contribution in [0.15, 0.2) is 24.3 Å². The van der Waals surface area contributed by atoms with E-state index in [1.807, 2.05) is 0 Å². The number of rotatable bonds is 1. The largest absolute Gasteiger partial charge is 0.384 e. The van der Waals surface area contributed by atoms with Gasteiger partial charge in [-0.1, -0.05) is 12.1 Å². The Morgan fingerprint density at radius 1 is 1.43 bits per heavy atom. The van der Waals surface area contributed by atoms with Crippen LogP contribution in [0.3, 0.4) is 0 Å². The average Bonchev–Trinajstić information content (AvgIpc) is 2.19. The summed E-state index contributed by atoms with van der Waals surface area (Å²) in [6, 6.07) is 6.30. The molecule has 0 radical (unpaired) electrons. The normalized spacial score (nSPS) is 27.6. The van der Waals surface area contributed by atoms with Crippen molar-refractivity contribution < 1.29 is 9.50 Å². The molecule has 0 saturated carbocycles. The van der Waals surface area contributed by atoms with E-state index in [2.05, 4.69) is 0 Å². The summed E-state index contributed by atoms with van der Waals surface area (Å²) in [6.07, 6.45) is 1.74. The molecule has 0 aromatic heterocycles. The molecule has 1 aliphatic rings. The molecule has 0 unspecified atom stereocenters. The fourth-order valence-corrected chi connectivity index (χ4v) is 2.93. The van der Waals surface area contributed by atoms with Crippen molar-refractivity contribution in [1.82, 2.24) is 0 Å². The quantitative estimate of drug-likeness (QED) is 0.772. The van der Waals surface area contributed by atoms with Crippen LogP contribution in [-0.2, 0) is 5.60 Å². The second-order valence-electron chi connectivity index (χ2n) is 3.70. The Bertz CT molecular complexity index is 321. The van der Waals surface area contributed by atoms with Crippen molar-refractivity contribution in [3.8, 4) is 0 Å². The molecule has 0 aliphatic carbocycles. The predicted octanol–water partition coefficient (Wildman–Crippen LogP) is 2.54. The number of hydrogen-bond acceptors (Lipinski definition) is 2. The van der Waals surface area contributed by atoms with E-state index in [4.69, 9.17) is 0 Å². The third-order valence-electron chi connectivity index (χ3n) is 2.58. The Kier molecular flexibility index (Phi) is 2.79. The maximum atomic E-state index is 13.0. The first kappa shape index (κ1) is 9.99. The summed E-state index contributed by atoms with van der Waals surface area (Å²) in [5, 5.41) is 10.3. The van der Waals surface area contributed by atoms with Crippen molar-refractivity contribution in [2.45, 2.75) is 18.4 Å². The van der Waals surface area contributed by atoms with Crippen LogP contribution in [0.25, 0.3) is 0 Å². The zero-order valence-electron chi connectivity index (χ0n) is 7.87. The summed E-state index contributed by atoms with van der Waals surface area (Å²) in [5.74, 6) is 1.50. The van der Waals surface area contributed by atoms with Crippen molar-refractivity contribution >= 4 is 11.8 Å². The average molecular weight is 212 g/mol. The SMILES string of the molecule is O[C@@]1(c2cccc(F)c2)CCCSC1. The molecule has 2 rings (SSSR count). The number of hydrogen-bond donors (Lipinski definition) is 1. The lowest BCUT2D eigenvalue weighted by Crippen LogP contribution is -2.31. The van der Waals surface area contributed by atoms with Gasteiger partial charge in [-0.05, 0) is 36.3 Å². The first-order chi connectivity index (χ1) is 6.71. The van der Waals surface area contributed by atoms with E-state index in [-0.39, 0.29) is 5.82 Å². The summed E-state index contributed by atoms with van der Waals surface area (Å²) in [6.45, 7) is 0. The zero-order chi connectivity index (χ0) is 10.0. The van der Waals surface area contributed by atoms with Crippen molar-refractivity contribution in [1.29, 1.82) is 0 Å². The van der Waals surface area contributed by atoms with Gasteiger partial charge in [0.2, 0.25) is 0 Å². The molecule has 1 nitrogen and oxygen atoms in total. The molecule has 76 valence electrons. The highest BCUT2D eigenvalue weighted by Gasteiger charge is 2.31. The van der Waals surface area contributed by atoms with Gasteiger partial charge in [-0.25, -0.2) is 4.39 Å². The van der Waals surface area contributed by atoms with Gasteiger partial charge in [0.1, 0.15) is 5.82 Å². The van der Waals surface area contributed by atoms with E-state index in [1.165, 1.54) is 12.1 Å². The van der Waals surface area contributed by atoms with E-state index in [0.717, 1.165) is 18.6 Å². The zero-order valence-corrected chi connectivity index (χ0v) is 8.69. The predicted molar refractivity (Wildman–Crippen MR) is 56.9 cm³/mol. The molecule has 1 fully saturated rings. The fourth-order valence-electron chi connectivity index (χ4n) is 1.79. The van der Waals surface area contributed by atoms with E-state index in [9.17, 15) is 9.50 Å².